The van der Waals surface area contributed by atoms with Crippen molar-refractivity contribution in [2.75, 3.05) is 36.4 Å². The molecule has 4 heterocycles. The van der Waals surface area contributed by atoms with Gasteiger partial charge in [0.25, 0.3) is 5.91 Å². The number of unbranched alkanes of at least 4 members (excludes halogenated alkanes) is 3. The molecule has 0 saturated carbocycles. The Kier molecular flexibility index (Phi) is 15.3. The topological polar surface area (TPSA) is 139 Å². The number of fused-ring (bicyclic) bond motifs is 1. The van der Waals surface area contributed by atoms with Crippen LogP contribution in [0.3, 0.4) is 0 Å². The Morgan fingerprint density at radius 1 is 1.11 bits per heavy atom. The van der Waals surface area contributed by atoms with Crippen molar-refractivity contribution in [2.24, 2.45) is 0 Å². The SMILES string of the molecule is CC.CCCCCCN(C(=O)OC(C)(C)C)C(CC)c1ccc(N2C[C@](C)(c3cccc(Cl)c3F)c3c(cnc(NC4CN(C(=N)/C=C\C=N)C4)c3F)C2=O)nc1. The lowest BCUT2D eigenvalue weighted by Crippen LogP contribution is -2.56. The second-order valence-electron chi connectivity index (χ2n) is 15.3. The Morgan fingerprint density at radius 2 is 1.82 bits per heavy atom. The van der Waals surface area contributed by atoms with Crippen LogP contribution < -0.4 is 10.2 Å². The quantitative estimate of drug-likeness (QED) is 0.0838. The van der Waals surface area contributed by atoms with Crippen LogP contribution in [0.2, 0.25) is 5.02 Å². The number of nitrogens with one attached hydrogen (secondary N) is 3. The van der Waals surface area contributed by atoms with Crippen molar-refractivity contribution >= 4 is 47.3 Å². The minimum absolute atomic E-state index is 0.0102. The zero-order valence-corrected chi connectivity index (χ0v) is 35.1. The van der Waals surface area contributed by atoms with Gasteiger partial charge in [-0.25, -0.2) is 23.5 Å². The Labute approximate surface area is 340 Å². The predicted octanol–water partition coefficient (Wildman–Crippen LogP) is 9.95. The number of carbonyl (C=O) groups excluding carboxylic acids is 2. The van der Waals surface area contributed by atoms with Crippen LogP contribution in [0.5, 0.6) is 0 Å². The fourth-order valence-corrected chi connectivity index (χ4v) is 7.41. The highest BCUT2D eigenvalue weighted by Crippen LogP contribution is 2.45. The maximum absolute atomic E-state index is 16.8. The highest BCUT2D eigenvalue weighted by Gasteiger charge is 2.47. The van der Waals surface area contributed by atoms with Gasteiger partial charge in [0.05, 0.1) is 22.7 Å². The third-order valence-corrected chi connectivity index (χ3v) is 10.3. The zero-order valence-electron chi connectivity index (χ0n) is 34.4. The second-order valence-corrected chi connectivity index (χ2v) is 15.7. The van der Waals surface area contributed by atoms with Crippen LogP contribution in [0, 0.1) is 22.5 Å². The highest BCUT2D eigenvalue weighted by molar-refractivity contribution is 6.30. The fraction of sp³-hybridized carbons (Fsp3) is 0.488. The van der Waals surface area contributed by atoms with E-state index in [-0.39, 0.29) is 57.8 Å². The first-order chi connectivity index (χ1) is 27.1. The fourth-order valence-electron chi connectivity index (χ4n) is 7.24. The highest BCUT2D eigenvalue weighted by atomic mass is 35.5. The molecule has 11 nitrogen and oxygen atoms in total. The second kappa shape index (κ2) is 19.5. The maximum Gasteiger partial charge on any atom is 0.410 e. The number of nitrogens with zero attached hydrogens (tertiary/aromatic N) is 5. The van der Waals surface area contributed by atoms with Gasteiger partial charge in [0.2, 0.25) is 0 Å². The molecule has 2 aliphatic heterocycles. The van der Waals surface area contributed by atoms with Crippen molar-refractivity contribution in [3.63, 3.8) is 0 Å². The summed E-state index contributed by atoms with van der Waals surface area (Å²) in [4.78, 5) is 41.6. The van der Waals surface area contributed by atoms with Crippen molar-refractivity contribution in [1.82, 2.24) is 19.8 Å². The Bertz CT molecular complexity index is 1930. The minimum atomic E-state index is -1.43. The number of ether oxygens (including phenoxy) is 1. The molecule has 14 heteroatoms. The van der Waals surface area contributed by atoms with E-state index in [9.17, 15) is 9.59 Å². The molecule has 1 aromatic carbocycles. The number of carbonyl (C=O) groups is 2. The van der Waals surface area contributed by atoms with E-state index in [1.807, 2.05) is 47.6 Å². The first kappa shape index (κ1) is 44.8. The average Bonchev–Trinajstić information content (AvgIpc) is 3.16. The first-order valence-corrected chi connectivity index (χ1v) is 20.2. The third-order valence-electron chi connectivity index (χ3n) is 10.1. The van der Waals surface area contributed by atoms with Gasteiger partial charge in [0, 0.05) is 61.3 Å². The van der Waals surface area contributed by atoms with Gasteiger partial charge < -0.3 is 25.3 Å². The van der Waals surface area contributed by atoms with Gasteiger partial charge in [-0.15, -0.1) is 0 Å². The number of hydrogen-bond donors (Lipinski definition) is 3. The van der Waals surface area contributed by atoms with Gasteiger partial charge in [-0.3, -0.25) is 15.1 Å². The Hall–Kier alpha value is -4.91. The summed E-state index contributed by atoms with van der Waals surface area (Å²) >= 11 is 6.27. The molecular formula is C43H57ClF2N8O3. The molecule has 3 aromatic rings. The summed E-state index contributed by atoms with van der Waals surface area (Å²) < 4.78 is 38.5. The number of rotatable bonds is 14. The van der Waals surface area contributed by atoms with Crippen molar-refractivity contribution < 1.29 is 23.1 Å². The molecule has 2 aliphatic rings. The van der Waals surface area contributed by atoms with Crippen LogP contribution in [-0.2, 0) is 10.2 Å². The lowest BCUT2D eigenvalue weighted by molar-refractivity contribution is 0.0148. The van der Waals surface area contributed by atoms with Gasteiger partial charge in [0.1, 0.15) is 23.1 Å². The number of anilines is 2. The van der Waals surface area contributed by atoms with Gasteiger partial charge in [-0.1, -0.05) is 76.8 Å². The number of halogens is 3. The lowest BCUT2D eigenvalue weighted by Gasteiger charge is -2.43. The summed E-state index contributed by atoms with van der Waals surface area (Å²) in [5, 5.41) is 18.2. The number of amides is 2. The van der Waals surface area contributed by atoms with E-state index in [1.165, 1.54) is 35.4 Å². The Balaban J connectivity index is 0.00000354. The molecule has 5 rings (SSSR count). The molecule has 2 aromatic heterocycles. The average molecular weight is 807 g/mol. The predicted molar refractivity (Wildman–Crippen MR) is 224 cm³/mol. The molecule has 1 fully saturated rings. The molecular weight excluding hydrogens is 750 g/mol. The standard InChI is InChI=1S/C41H51ClF2N8O3.C2H6/c1-7-9-10-11-20-51(39(54)55-40(3,4)5)31(8-2)26-17-18-33(47-21-26)52-25-41(6,29-14-12-15-30(42)35(29)43)34-28(38(52)53)22-48-37(36(34)44)49-27-23-50(24-27)32(46)16-13-19-45;1-2/h12-19,21-22,27,31,45-46H,7-11,20,23-25H2,1-6H3,(H,48,49);1-2H3/b16-13-,45-19?,46-32?;/t31?,41-;/m1./s1. The molecule has 2 atom stereocenters. The van der Waals surface area contributed by atoms with Crippen LogP contribution >= 0.6 is 11.6 Å². The van der Waals surface area contributed by atoms with Crippen LogP contribution in [-0.4, -0.2) is 81.6 Å². The zero-order chi connectivity index (χ0) is 42.1. The summed E-state index contributed by atoms with van der Waals surface area (Å²) in [5.74, 6) is -1.64. The van der Waals surface area contributed by atoms with E-state index in [2.05, 4.69) is 17.2 Å². The van der Waals surface area contributed by atoms with E-state index in [0.717, 1.165) is 37.5 Å². The van der Waals surface area contributed by atoms with E-state index in [0.29, 0.717) is 26.1 Å². The maximum atomic E-state index is 16.8. The third kappa shape index (κ3) is 10.2. The van der Waals surface area contributed by atoms with E-state index >= 15 is 8.78 Å². The summed E-state index contributed by atoms with van der Waals surface area (Å²) in [5.41, 5.74) is -1.28. The normalized spacial score (nSPS) is 17.3. The van der Waals surface area contributed by atoms with Crippen molar-refractivity contribution in [1.29, 1.82) is 10.8 Å². The molecule has 57 heavy (non-hydrogen) atoms. The molecule has 0 aliphatic carbocycles. The first-order valence-electron chi connectivity index (χ1n) is 19.8. The summed E-state index contributed by atoms with van der Waals surface area (Å²) in [6.45, 7) is 16.5. The monoisotopic (exact) mass is 806 g/mol. The minimum Gasteiger partial charge on any atom is -0.444 e. The molecule has 1 saturated heterocycles. The van der Waals surface area contributed by atoms with E-state index < -0.39 is 34.7 Å². The van der Waals surface area contributed by atoms with Crippen molar-refractivity contribution in [2.45, 2.75) is 111 Å². The number of pyridine rings is 2. The van der Waals surface area contributed by atoms with Crippen LogP contribution in [0.15, 0.2) is 54.9 Å². The van der Waals surface area contributed by atoms with Crippen molar-refractivity contribution in [3.8, 4) is 0 Å². The van der Waals surface area contributed by atoms with Crippen LogP contribution in [0.4, 0.5) is 25.2 Å². The molecule has 308 valence electrons. The number of hydrogen-bond acceptors (Lipinski definition) is 8. The molecule has 0 radical (unpaired) electrons. The molecule has 0 spiro atoms. The number of benzene rings is 1. The number of allylic oxidation sites excluding steroid dienone is 1. The van der Waals surface area contributed by atoms with Gasteiger partial charge in [0.15, 0.2) is 11.6 Å². The number of likely N-dealkylation sites (tertiary alicyclic amines) is 1. The largest absolute Gasteiger partial charge is 0.444 e. The van der Waals surface area contributed by atoms with E-state index in [4.69, 9.17) is 32.1 Å². The van der Waals surface area contributed by atoms with Crippen molar-refractivity contribution in [3.05, 3.63) is 93.8 Å². The summed E-state index contributed by atoms with van der Waals surface area (Å²) in [6.07, 6.45) is 11.1. The van der Waals surface area contributed by atoms with E-state index in [1.54, 1.807) is 35.1 Å². The van der Waals surface area contributed by atoms with Gasteiger partial charge in [-0.05, 0) is 70.4 Å². The molecule has 3 N–H and O–H groups in total. The summed E-state index contributed by atoms with van der Waals surface area (Å²) in [6, 6.07) is 7.49. The molecule has 0 bridgehead atoms. The smallest absolute Gasteiger partial charge is 0.410 e. The Morgan fingerprint density at radius 3 is 2.44 bits per heavy atom. The number of aromatic nitrogens is 2. The number of amidine groups is 1. The lowest BCUT2D eigenvalue weighted by atomic mass is 9.71. The van der Waals surface area contributed by atoms with Gasteiger partial charge in [-0.2, -0.15) is 0 Å². The van der Waals surface area contributed by atoms with Crippen LogP contribution in [0.1, 0.15) is 121 Å². The molecule has 1 unspecified atom stereocenters. The summed E-state index contributed by atoms with van der Waals surface area (Å²) in [7, 11) is 0. The molecule has 2 amide bonds. The van der Waals surface area contributed by atoms with Crippen LogP contribution in [0.25, 0.3) is 0 Å². The van der Waals surface area contributed by atoms with Gasteiger partial charge >= 0.3 is 6.09 Å².